The van der Waals surface area contributed by atoms with Gasteiger partial charge in [-0.05, 0) is 42.7 Å². The van der Waals surface area contributed by atoms with Gasteiger partial charge in [-0.15, -0.1) is 0 Å². The lowest BCUT2D eigenvalue weighted by molar-refractivity contribution is -0.132. The van der Waals surface area contributed by atoms with Crippen LogP contribution in [0.1, 0.15) is 24.8 Å². The van der Waals surface area contributed by atoms with Crippen LogP contribution in [0.5, 0.6) is 5.75 Å². The van der Waals surface area contributed by atoms with Crippen LogP contribution in [0, 0.1) is 5.92 Å². The Balaban J connectivity index is 1.55. The number of nitrogens with zero attached hydrogens (tertiary/aromatic N) is 2. The summed E-state index contributed by atoms with van der Waals surface area (Å²) < 4.78 is 5.14. The number of rotatable bonds is 5. The van der Waals surface area contributed by atoms with Gasteiger partial charge in [-0.2, -0.15) is 0 Å². The molecule has 1 heterocycles. The summed E-state index contributed by atoms with van der Waals surface area (Å²) in [6.45, 7) is 0.596. The van der Waals surface area contributed by atoms with Gasteiger partial charge in [-0.3, -0.25) is 4.79 Å². The summed E-state index contributed by atoms with van der Waals surface area (Å²) in [6.07, 6.45) is 2.74. The maximum atomic E-state index is 11.9. The van der Waals surface area contributed by atoms with Crippen molar-refractivity contribution >= 4 is 11.6 Å². The summed E-state index contributed by atoms with van der Waals surface area (Å²) >= 11 is 0. The Morgan fingerprint density at radius 2 is 2.10 bits per heavy atom. The van der Waals surface area contributed by atoms with E-state index >= 15 is 0 Å². The van der Waals surface area contributed by atoms with Gasteiger partial charge in [0.25, 0.3) is 0 Å². The molecular weight excluding hydrogens is 268 g/mol. The third-order valence-corrected chi connectivity index (χ3v) is 3.94. The van der Waals surface area contributed by atoms with Crippen molar-refractivity contribution in [2.24, 2.45) is 11.1 Å². The number of carbonyl (C=O) groups is 1. The minimum absolute atomic E-state index is 0.0465. The quantitative estimate of drug-likeness (QED) is 0.833. The Kier molecular flexibility index (Phi) is 3.82. The van der Waals surface area contributed by atoms with E-state index < -0.39 is 0 Å². The fraction of sp³-hybridized carbons (Fsp3) is 0.500. The van der Waals surface area contributed by atoms with Gasteiger partial charge in [0.1, 0.15) is 5.75 Å². The Labute approximate surface area is 124 Å². The molecule has 3 rings (SSSR count). The topological polar surface area (TPSA) is 51.1 Å². The molecule has 1 saturated carbocycles. The van der Waals surface area contributed by atoms with E-state index in [1.807, 2.05) is 31.3 Å². The maximum Gasteiger partial charge on any atom is 0.225 e. The molecule has 1 unspecified atom stereocenters. The van der Waals surface area contributed by atoms with E-state index in [9.17, 15) is 4.79 Å². The minimum Gasteiger partial charge on any atom is -0.497 e. The van der Waals surface area contributed by atoms with Gasteiger partial charge in [0, 0.05) is 19.4 Å². The van der Waals surface area contributed by atoms with Gasteiger partial charge >= 0.3 is 0 Å². The molecule has 5 nitrogen and oxygen atoms in total. The lowest BCUT2D eigenvalue weighted by Crippen LogP contribution is -2.35. The molecule has 1 atom stereocenters. The number of hydrogen-bond donors (Lipinski definition) is 0. The smallest absolute Gasteiger partial charge is 0.225 e. The monoisotopic (exact) mass is 288 g/mol. The number of benzene rings is 1. The van der Waals surface area contributed by atoms with Crippen molar-refractivity contribution in [3.63, 3.8) is 0 Å². The van der Waals surface area contributed by atoms with Crippen molar-refractivity contribution in [1.82, 2.24) is 4.90 Å². The third kappa shape index (κ3) is 3.17. The van der Waals surface area contributed by atoms with E-state index in [0.717, 1.165) is 36.3 Å². The maximum absolute atomic E-state index is 11.9. The normalized spacial score (nSPS) is 20.7. The predicted octanol–water partition coefficient (Wildman–Crippen LogP) is 2.06. The van der Waals surface area contributed by atoms with Crippen LogP contribution >= 0.6 is 0 Å². The van der Waals surface area contributed by atoms with Crippen LogP contribution in [-0.4, -0.2) is 43.3 Å². The van der Waals surface area contributed by atoms with E-state index in [1.165, 1.54) is 0 Å². The van der Waals surface area contributed by atoms with E-state index in [4.69, 9.17) is 9.57 Å². The second-order valence-corrected chi connectivity index (χ2v) is 5.69. The molecule has 1 aromatic carbocycles. The highest BCUT2D eigenvalue weighted by Gasteiger charge is 2.34. The van der Waals surface area contributed by atoms with E-state index in [1.54, 1.807) is 12.0 Å². The Hall–Kier alpha value is -2.04. The van der Waals surface area contributed by atoms with Gasteiger partial charge in [-0.1, -0.05) is 5.16 Å². The van der Waals surface area contributed by atoms with Crippen LogP contribution in [0.2, 0.25) is 0 Å². The molecule has 0 spiro atoms. The second kappa shape index (κ2) is 5.76. The minimum atomic E-state index is -0.0465. The molecule has 112 valence electrons. The zero-order chi connectivity index (χ0) is 14.8. The largest absolute Gasteiger partial charge is 0.497 e. The number of amides is 1. The Bertz CT molecular complexity index is 549. The Morgan fingerprint density at radius 1 is 1.38 bits per heavy atom. The zero-order valence-corrected chi connectivity index (χ0v) is 12.4. The SMILES string of the molecule is COc1ccc(C2=NOC(CN(C)C(=O)C3CC3)C2)cc1. The van der Waals surface area contributed by atoms with Gasteiger partial charge in [0.15, 0.2) is 6.10 Å². The van der Waals surface area contributed by atoms with Crippen molar-refractivity contribution in [1.29, 1.82) is 0 Å². The molecule has 5 heteroatoms. The van der Waals surface area contributed by atoms with Crippen molar-refractivity contribution in [3.8, 4) is 5.75 Å². The Morgan fingerprint density at radius 3 is 2.71 bits per heavy atom. The number of likely N-dealkylation sites (N-methyl/N-ethyl adjacent to an activating group) is 1. The standard InChI is InChI=1S/C16H20N2O3/c1-18(16(19)12-3-4-12)10-14-9-15(17-21-14)11-5-7-13(20-2)8-6-11/h5-8,12,14H,3-4,9-10H2,1-2H3. The van der Waals surface area contributed by atoms with Gasteiger partial charge in [-0.25, -0.2) is 0 Å². The summed E-state index contributed by atoms with van der Waals surface area (Å²) in [5, 5.41) is 4.15. The number of ether oxygens (including phenoxy) is 1. The van der Waals surface area contributed by atoms with Crippen molar-refractivity contribution in [2.75, 3.05) is 20.7 Å². The van der Waals surface area contributed by atoms with Crippen LogP contribution in [0.3, 0.4) is 0 Å². The summed E-state index contributed by atoms with van der Waals surface area (Å²) in [5.74, 6) is 1.31. The van der Waals surface area contributed by atoms with Crippen LogP contribution in [0.4, 0.5) is 0 Å². The first-order valence-electron chi connectivity index (χ1n) is 7.29. The number of carbonyl (C=O) groups excluding carboxylic acids is 1. The first-order valence-corrected chi connectivity index (χ1v) is 7.29. The molecule has 0 N–H and O–H groups in total. The highest BCUT2D eigenvalue weighted by atomic mass is 16.6. The van der Waals surface area contributed by atoms with Crippen LogP contribution in [-0.2, 0) is 9.63 Å². The summed E-state index contributed by atoms with van der Waals surface area (Å²) in [4.78, 5) is 19.2. The first-order chi connectivity index (χ1) is 10.2. The average molecular weight is 288 g/mol. The molecule has 1 amide bonds. The first kappa shape index (κ1) is 13.9. The number of oxime groups is 1. The fourth-order valence-corrected chi connectivity index (χ4v) is 2.52. The highest BCUT2D eigenvalue weighted by molar-refractivity contribution is 6.01. The lowest BCUT2D eigenvalue weighted by Gasteiger charge is -2.19. The molecule has 2 aliphatic rings. The summed E-state index contributed by atoms with van der Waals surface area (Å²) in [7, 11) is 3.49. The third-order valence-electron chi connectivity index (χ3n) is 3.94. The number of hydrogen-bond acceptors (Lipinski definition) is 4. The molecule has 1 aliphatic carbocycles. The van der Waals surface area contributed by atoms with Crippen LogP contribution < -0.4 is 4.74 Å². The summed E-state index contributed by atoms with van der Waals surface area (Å²) in [5.41, 5.74) is 1.96. The van der Waals surface area contributed by atoms with Crippen molar-refractivity contribution < 1.29 is 14.4 Å². The van der Waals surface area contributed by atoms with Crippen LogP contribution in [0.25, 0.3) is 0 Å². The molecule has 0 saturated heterocycles. The lowest BCUT2D eigenvalue weighted by atomic mass is 10.0. The molecule has 1 fully saturated rings. The molecule has 0 aromatic heterocycles. The number of methoxy groups -OCH3 is 1. The second-order valence-electron chi connectivity index (χ2n) is 5.69. The van der Waals surface area contributed by atoms with E-state index in [2.05, 4.69) is 5.16 Å². The van der Waals surface area contributed by atoms with Crippen molar-refractivity contribution in [3.05, 3.63) is 29.8 Å². The average Bonchev–Trinajstić information content (AvgIpc) is 3.26. The molecule has 0 radical (unpaired) electrons. The van der Waals surface area contributed by atoms with Gasteiger partial charge in [0.2, 0.25) is 5.91 Å². The zero-order valence-electron chi connectivity index (χ0n) is 12.4. The van der Waals surface area contributed by atoms with Gasteiger partial charge < -0.3 is 14.5 Å². The van der Waals surface area contributed by atoms with E-state index in [-0.39, 0.29) is 17.9 Å². The fourth-order valence-electron chi connectivity index (χ4n) is 2.52. The van der Waals surface area contributed by atoms with E-state index in [0.29, 0.717) is 6.54 Å². The predicted molar refractivity (Wildman–Crippen MR) is 79.4 cm³/mol. The van der Waals surface area contributed by atoms with Crippen LogP contribution in [0.15, 0.2) is 29.4 Å². The molecular formula is C16H20N2O3. The van der Waals surface area contributed by atoms with Crippen molar-refractivity contribution in [2.45, 2.75) is 25.4 Å². The molecule has 0 bridgehead atoms. The summed E-state index contributed by atoms with van der Waals surface area (Å²) in [6, 6.07) is 7.77. The van der Waals surface area contributed by atoms with Gasteiger partial charge in [0.05, 0.1) is 19.4 Å². The highest BCUT2D eigenvalue weighted by Crippen LogP contribution is 2.31. The molecule has 21 heavy (non-hydrogen) atoms. The molecule has 1 aromatic rings. The molecule has 1 aliphatic heterocycles.